The van der Waals surface area contributed by atoms with E-state index >= 15 is 0 Å². The van der Waals surface area contributed by atoms with Crippen molar-refractivity contribution in [3.05, 3.63) is 24.3 Å². The molecule has 1 rings (SSSR count). The first-order chi connectivity index (χ1) is 5.47. The summed E-state index contributed by atoms with van der Waals surface area (Å²) in [7, 11) is -4.68. The molecule has 1 aromatic rings. The van der Waals surface area contributed by atoms with E-state index in [1.807, 2.05) is 0 Å². The zero-order chi connectivity index (χ0) is 9.19. The molecule has 0 amide bonds. The first kappa shape index (κ1) is 13.4. The molecule has 0 radical (unpaired) electrons. The van der Waals surface area contributed by atoms with Crippen molar-refractivity contribution in [1.82, 2.24) is 0 Å². The maximum absolute atomic E-state index is 10.1. The number of rotatable bonds is 2. The third-order valence-corrected chi connectivity index (χ3v) is 1.47. The van der Waals surface area contributed by atoms with E-state index in [9.17, 15) is 13.0 Å². The molecule has 2 N–H and O–H groups in total. The van der Waals surface area contributed by atoms with Gasteiger partial charge in [-0.2, -0.15) is 0 Å². The minimum absolute atomic E-state index is 0. The average molecular weight is 227 g/mol. The Balaban J connectivity index is 0.00000144. The van der Waals surface area contributed by atoms with Gasteiger partial charge in [0.2, 0.25) is 0 Å². The molecule has 0 aliphatic carbocycles. The van der Waals surface area contributed by atoms with E-state index in [0.29, 0.717) is 5.69 Å². The Bertz CT molecular complexity index is 361. The van der Waals surface area contributed by atoms with Gasteiger partial charge in [-0.15, -0.1) is 0 Å². The zero-order valence-corrected chi connectivity index (χ0v) is 10.9. The molecule has 0 atom stereocenters. The van der Waals surface area contributed by atoms with E-state index in [4.69, 9.17) is 5.73 Å². The number of nitrogen functional groups attached to an aromatic ring is 1. The minimum atomic E-state index is -4.68. The topological polar surface area (TPSA) is 92.5 Å². The smallest absolute Gasteiger partial charge is 0.716 e. The normalized spacial score (nSPS) is 10.2. The first-order valence-electron chi connectivity index (χ1n) is 2.98. The summed E-state index contributed by atoms with van der Waals surface area (Å²) in [5, 5.41) is 0. The minimum Gasteiger partial charge on any atom is -0.716 e. The molecule has 13 heavy (non-hydrogen) atoms. The Kier molecular flexibility index (Phi) is 5.45. The van der Waals surface area contributed by atoms with Crippen molar-refractivity contribution in [2.75, 3.05) is 5.73 Å². The van der Waals surface area contributed by atoms with Gasteiger partial charge >= 0.3 is 51.4 Å². The summed E-state index contributed by atoms with van der Waals surface area (Å²) in [6.07, 6.45) is 0. The van der Waals surface area contributed by atoms with Crippen LogP contribution < -0.4 is 61.3 Å². The fourth-order valence-corrected chi connectivity index (χ4v) is 0.988. The summed E-state index contributed by atoms with van der Waals surface area (Å²) < 4.78 is 34.2. The number of benzene rings is 1. The van der Waals surface area contributed by atoms with Crippen LogP contribution in [0.5, 0.6) is 5.75 Å². The van der Waals surface area contributed by atoms with E-state index in [1.54, 1.807) is 0 Å². The number of anilines is 1. The van der Waals surface area contributed by atoms with Gasteiger partial charge < -0.3 is 14.5 Å². The number of hydrogen-bond acceptors (Lipinski definition) is 5. The monoisotopic (exact) mass is 227 g/mol. The maximum Gasteiger partial charge on any atom is 1.00 e. The average Bonchev–Trinajstić information content (AvgIpc) is 1.91. The molecule has 0 saturated carbocycles. The van der Waals surface area contributed by atoms with Gasteiger partial charge in [-0.3, -0.25) is 0 Å². The molecule has 0 spiro atoms. The Morgan fingerprint density at radius 1 is 1.23 bits per heavy atom. The molecule has 66 valence electrons. The van der Waals surface area contributed by atoms with Crippen LogP contribution in [0.2, 0.25) is 0 Å². The predicted octanol–water partition coefficient (Wildman–Crippen LogP) is -2.89. The number of nitrogens with two attached hydrogens (primary N) is 1. The van der Waals surface area contributed by atoms with Gasteiger partial charge in [0.25, 0.3) is 10.4 Å². The van der Waals surface area contributed by atoms with Gasteiger partial charge in [0.05, 0.1) is 0 Å². The van der Waals surface area contributed by atoms with Crippen molar-refractivity contribution in [1.29, 1.82) is 0 Å². The molecule has 0 aromatic heterocycles. The van der Waals surface area contributed by atoms with Crippen molar-refractivity contribution in [2.24, 2.45) is 0 Å². The third kappa shape index (κ3) is 5.63. The summed E-state index contributed by atoms with van der Waals surface area (Å²) >= 11 is 0. The Hall–Kier alpha value is 0.366. The van der Waals surface area contributed by atoms with Gasteiger partial charge in [-0.05, 0) is 24.3 Å². The second-order valence-corrected chi connectivity index (χ2v) is 3.04. The predicted molar refractivity (Wildman–Crippen MR) is 41.2 cm³/mol. The summed E-state index contributed by atoms with van der Waals surface area (Å²) in [6.45, 7) is 0. The van der Waals surface area contributed by atoms with Crippen molar-refractivity contribution in [3.63, 3.8) is 0 Å². The fraction of sp³-hybridized carbons (Fsp3) is 0. The molecule has 0 fully saturated rings. The van der Waals surface area contributed by atoms with Crippen molar-refractivity contribution in [3.8, 4) is 5.75 Å². The van der Waals surface area contributed by atoms with Gasteiger partial charge in [-0.25, -0.2) is 8.42 Å². The molecule has 0 unspecified atom stereocenters. The zero-order valence-electron chi connectivity index (χ0n) is 6.93. The molecule has 0 aliphatic heterocycles. The molecule has 0 aliphatic rings. The molecule has 0 saturated heterocycles. The second kappa shape index (κ2) is 5.30. The van der Waals surface area contributed by atoms with E-state index in [1.165, 1.54) is 24.3 Å². The van der Waals surface area contributed by atoms with E-state index in [0.717, 1.165) is 0 Å². The van der Waals surface area contributed by atoms with Crippen LogP contribution in [0.3, 0.4) is 0 Å². The fourth-order valence-electron chi connectivity index (χ4n) is 0.641. The quantitative estimate of drug-likeness (QED) is 0.253. The summed E-state index contributed by atoms with van der Waals surface area (Å²) in [4.78, 5) is 0. The van der Waals surface area contributed by atoms with E-state index < -0.39 is 10.4 Å². The largest absolute Gasteiger partial charge is 1.00 e. The van der Waals surface area contributed by atoms with Crippen LogP contribution in [0.25, 0.3) is 0 Å². The Morgan fingerprint density at radius 2 is 1.69 bits per heavy atom. The van der Waals surface area contributed by atoms with Crippen molar-refractivity contribution >= 4 is 16.1 Å². The van der Waals surface area contributed by atoms with Crippen LogP contribution in [0.15, 0.2) is 24.3 Å². The van der Waals surface area contributed by atoms with Crippen LogP contribution >= 0.6 is 0 Å². The standard InChI is InChI=1S/C6H7NO4S.K/c7-5-1-3-6(4-2-5)11-12(8,9)10;/h1-4H,7H2,(H,8,9,10);/q;+1/p-1. The van der Waals surface area contributed by atoms with Gasteiger partial charge in [0, 0.05) is 5.69 Å². The third-order valence-electron chi connectivity index (χ3n) is 1.08. The van der Waals surface area contributed by atoms with E-state index in [2.05, 4.69) is 4.18 Å². The Morgan fingerprint density at radius 3 is 2.08 bits per heavy atom. The Labute approximate surface area is 119 Å². The van der Waals surface area contributed by atoms with Crippen LogP contribution in [0.4, 0.5) is 5.69 Å². The SMILES string of the molecule is Nc1ccc(OS(=O)(=O)[O-])cc1.[K+]. The van der Waals surface area contributed by atoms with Crippen LogP contribution in [0, 0.1) is 0 Å². The summed E-state index contributed by atoms with van der Waals surface area (Å²) in [5.41, 5.74) is 5.77. The van der Waals surface area contributed by atoms with Crippen LogP contribution in [0.1, 0.15) is 0 Å². The molecule has 0 heterocycles. The molecule has 0 bridgehead atoms. The van der Waals surface area contributed by atoms with Gasteiger partial charge in [0.1, 0.15) is 5.75 Å². The second-order valence-electron chi connectivity index (χ2n) is 2.06. The van der Waals surface area contributed by atoms with Crippen molar-refractivity contribution < 1.29 is 68.5 Å². The van der Waals surface area contributed by atoms with Gasteiger partial charge in [0.15, 0.2) is 0 Å². The molecule has 5 nitrogen and oxygen atoms in total. The molecule has 7 heteroatoms. The van der Waals surface area contributed by atoms with Gasteiger partial charge in [-0.1, -0.05) is 0 Å². The molecular weight excluding hydrogens is 221 g/mol. The van der Waals surface area contributed by atoms with Crippen LogP contribution in [-0.4, -0.2) is 13.0 Å². The number of hydrogen-bond donors (Lipinski definition) is 1. The summed E-state index contributed by atoms with van der Waals surface area (Å²) in [6, 6.07) is 5.45. The van der Waals surface area contributed by atoms with E-state index in [-0.39, 0.29) is 57.1 Å². The summed E-state index contributed by atoms with van der Waals surface area (Å²) in [5.74, 6) is -0.0424. The van der Waals surface area contributed by atoms with Crippen LogP contribution in [-0.2, 0) is 10.4 Å². The molecule has 1 aromatic carbocycles. The first-order valence-corrected chi connectivity index (χ1v) is 4.31. The van der Waals surface area contributed by atoms with Crippen molar-refractivity contribution in [2.45, 2.75) is 0 Å². The molecular formula is C6H6KNO4S. The maximum atomic E-state index is 10.1.